The molecule has 0 aliphatic carbocycles. The van der Waals surface area contributed by atoms with Gasteiger partial charge in [0.05, 0.1) is 24.2 Å². The number of amides is 2. The lowest BCUT2D eigenvalue weighted by Crippen LogP contribution is -2.79. The lowest BCUT2D eigenvalue weighted by Gasteiger charge is -2.62. The Kier molecular flexibility index (Phi) is 7.80. The minimum atomic E-state index is -0.00191. The van der Waals surface area contributed by atoms with Crippen LogP contribution in [-0.2, 0) is 9.59 Å². The molecule has 8 rings (SSSR count). The first-order valence-corrected chi connectivity index (χ1v) is 15.9. The molecule has 6 atom stereocenters. The first-order chi connectivity index (χ1) is 19.6. The highest BCUT2D eigenvalue weighted by atomic mass is 16.3. The Morgan fingerprint density at radius 3 is 1.20 bits per heavy atom. The van der Waals surface area contributed by atoms with Crippen molar-refractivity contribution in [2.45, 2.75) is 50.3 Å². The number of aliphatic hydroxyl groups is 2. The molecule has 0 aromatic rings. The van der Waals surface area contributed by atoms with Crippen molar-refractivity contribution in [2.24, 2.45) is 11.8 Å². The first kappa shape index (κ1) is 27.5. The predicted octanol–water partition coefficient (Wildman–Crippen LogP) is -2.37. The van der Waals surface area contributed by atoms with Crippen LogP contribution < -0.4 is 0 Å². The van der Waals surface area contributed by atoms with E-state index in [2.05, 4.69) is 39.2 Å². The number of carbonyl (C=O) groups excluding carboxylic acids is 2. The quantitative estimate of drug-likeness (QED) is 0.388. The second-order valence-corrected chi connectivity index (χ2v) is 13.0. The highest BCUT2D eigenvalue weighted by Gasteiger charge is 2.53. The second-order valence-electron chi connectivity index (χ2n) is 13.0. The molecular weight excluding hydrogens is 512 g/mol. The van der Waals surface area contributed by atoms with Crippen molar-refractivity contribution in [1.82, 2.24) is 39.2 Å². The summed E-state index contributed by atoms with van der Waals surface area (Å²) in [7, 11) is 0. The van der Waals surface area contributed by atoms with Crippen molar-refractivity contribution < 1.29 is 19.8 Å². The molecule has 0 bridgehead atoms. The van der Waals surface area contributed by atoms with Gasteiger partial charge in [0, 0.05) is 105 Å². The van der Waals surface area contributed by atoms with E-state index in [1.807, 2.05) is 0 Å². The smallest absolute Gasteiger partial charge is 0.228 e. The van der Waals surface area contributed by atoms with Gasteiger partial charge in [-0.2, -0.15) is 0 Å². The van der Waals surface area contributed by atoms with E-state index in [0.717, 1.165) is 65.4 Å². The highest BCUT2D eigenvalue weighted by Crippen LogP contribution is 2.36. The summed E-state index contributed by atoms with van der Waals surface area (Å²) in [5.41, 5.74) is 0. The lowest BCUT2D eigenvalue weighted by molar-refractivity contribution is -0.199. The summed E-state index contributed by atoms with van der Waals surface area (Å²) in [6.07, 6.45) is 5.04. The molecule has 8 aliphatic rings. The zero-order valence-electron chi connectivity index (χ0n) is 23.9. The average molecular weight is 561 g/mol. The minimum Gasteiger partial charge on any atom is -0.396 e. The highest BCUT2D eigenvalue weighted by molar-refractivity contribution is 5.81. The normalized spacial score (nSPS) is 39.0. The number of hydrogen-bond donors (Lipinski definition) is 2. The maximum Gasteiger partial charge on any atom is 0.228 e. The Morgan fingerprint density at radius 1 is 0.475 bits per heavy atom. The Bertz CT molecular complexity index is 871. The number of aliphatic hydroxyl groups excluding tert-OH is 2. The number of hydrogen-bond acceptors (Lipinski definition) is 10. The van der Waals surface area contributed by atoms with E-state index in [-0.39, 0.29) is 49.2 Å². The summed E-state index contributed by atoms with van der Waals surface area (Å²) in [6, 6.07) is 0. The van der Waals surface area contributed by atoms with Gasteiger partial charge in [-0.15, -0.1) is 0 Å². The molecule has 12 nitrogen and oxygen atoms in total. The molecule has 2 amide bonds. The van der Waals surface area contributed by atoms with E-state index >= 15 is 0 Å². The van der Waals surface area contributed by atoms with Crippen LogP contribution in [0.2, 0.25) is 0 Å². The molecule has 0 spiro atoms. The molecule has 8 heterocycles. The van der Waals surface area contributed by atoms with E-state index in [0.29, 0.717) is 25.2 Å². The van der Waals surface area contributed by atoms with Crippen molar-refractivity contribution in [1.29, 1.82) is 0 Å². The SMILES string of the molecule is O=C1[C@@H](CCO)CN2CCN3CCCN4CCN1[C@H]2[C@H]34.O=C1[C@H](CCO)CN2CCN3CCCN4CCN1[C@@H]2[C@@H]34. The molecule has 8 fully saturated rings. The molecule has 0 radical (unpaired) electrons. The van der Waals surface area contributed by atoms with Crippen LogP contribution in [0.25, 0.3) is 0 Å². The van der Waals surface area contributed by atoms with Gasteiger partial charge in [-0.3, -0.25) is 39.0 Å². The van der Waals surface area contributed by atoms with Gasteiger partial charge in [-0.25, -0.2) is 0 Å². The van der Waals surface area contributed by atoms with Crippen molar-refractivity contribution in [2.75, 3.05) is 105 Å². The Labute approximate surface area is 238 Å². The molecular formula is C28H48N8O4. The zero-order chi connectivity index (χ0) is 27.4. The lowest BCUT2D eigenvalue weighted by atomic mass is 9.94. The Hall–Kier alpha value is -1.38. The molecule has 0 saturated carbocycles. The van der Waals surface area contributed by atoms with Gasteiger partial charge in [-0.05, 0) is 25.7 Å². The van der Waals surface area contributed by atoms with Crippen LogP contribution in [0, 0.1) is 11.8 Å². The van der Waals surface area contributed by atoms with Crippen LogP contribution in [0.5, 0.6) is 0 Å². The van der Waals surface area contributed by atoms with E-state index in [4.69, 9.17) is 0 Å². The third-order valence-electron chi connectivity index (χ3n) is 10.9. The van der Waals surface area contributed by atoms with Crippen LogP contribution in [0.15, 0.2) is 0 Å². The largest absolute Gasteiger partial charge is 0.396 e. The molecule has 40 heavy (non-hydrogen) atoms. The molecule has 12 heteroatoms. The van der Waals surface area contributed by atoms with Crippen LogP contribution in [0.1, 0.15) is 25.7 Å². The number of piperazine rings is 4. The first-order valence-electron chi connectivity index (χ1n) is 15.9. The second kappa shape index (κ2) is 11.4. The number of carbonyl (C=O) groups is 2. The van der Waals surface area contributed by atoms with E-state index in [1.165, 1.54) is 39.0 Å². The summed E-state index contributed by atoms with van der Waals surface area (Å²) < 4.78 is 0. The zero-order valence-corrected chi connectivity index (χ0v) is 23.9. The Balaban J connectivity index is 0.000000132. The van der Waals surface area contributed by atoms with Gasteiger partial charge in [0.15, 0.2) is 0 Å². The average Bonchev–Trinajstić information content (AvgIpc) is 2.98. The van der Waals surface area contributed by atoms with Crippen LogP contribution in [0.4, 0.5) is 0 Å². The maximum atomic E-state index is 12.7. The van der Waals surface area contributed by atoms with Crippen molar-refractivity contribution in [3.63, 3.8) is 0 Å². The standard InChI is InChI=1S/2C14H24N4O2/c2*19-9-2-11-10-17-6-5-15-3-1-4-16-7-8-18(14(11)20)13(17)12(15)16/h2*11-13,19H,1-10H2/t2*11-,12+,13-/m10/s1. The molecule has 0 aromatic carbocycles. The third-order valence-corrected chi connectivity index (χ3v) is 10.9. The number of rotatable bonds is 4. The molecule has 224 valence electrons. The van der Waals surface area contributed by atoms with E-state index in [1.54, 1.807) is 0 Å². The molecule has 0 unspecified atom stereocenters. The summed E-state index contributed by atoms with van der Waals surface area (Å²) >= 11 is 0. The van der Waals surface area contributed by atoms with Crippen molar-refractivity contribution >= 4 is 11.8 Å². The van der Waals surface area contributed by atoms with Crippen LogP contribution >= 0.6 is 0 Å². The fraction of sp³-hybridized carbons (Fsp3) is 0.929. The molecule has 0 aromatic heterocycles. The van der Waals surface area contributed by atoms with Gasteiger partial charge < -0.3 is 20.0 Å². The van der Waals surface area contributed by atoms with Crippen molar-refractivity contribution in [3.05, 3.63) is 0 Å². The summed E-state index contributed by atoms with van der Waals surface area (Å²) in [4.78, 5) is 44.7. The summed E-state index contributed by atoms with van der Waals surface area (Å²) in [5.74, 6) is 0.538. The summed E-state index contributed by atoms with van der Waals surface area (Å²) in [6.45, 7) is 14.7. The molecule has 8 aliphatic heterocycles. The minimum absolute atomic E-state index is 0.00191. The van der Waals surface area contributed by atoms with Gasteiger partial charge in [0.2, 0.25) is 11.8 Å². The topological polar surface area (TPSA) is 101 Å². The van der Waals surface area contributed by atoms with Crippen molar-refractivity contribution in [3.8, 4) is 0 Å². The van der Waals surface area contributed by atoms with Crippen LogP contribution in [-0.4, -0.2) is 191 Å². The van der Waals surface area contributed by atoms with E-state index in [9.17, 15) is 19.8 Å². The number of nitrogens with zero attached hydrogens (tertiary/aromatic N) is 8. The predicted molar refractivity (Wildman–Crippen MR) is 148 cm³/mol. The summed E-state index contributed by atoms with van der Waals surface area (Å²) in [5, 5.41) is 18.4. The van der Waals surface area contributed by atoms with Gasteiger partial charge in [-0.1, -0.05) is 0 Å². The molecule has 2 N–H and O–H groups in total. The van der Waals surface area contributed by atoms with Crippen LogP contribution in [0.3, 0.4) is 0 Å². The monoisotopic (exact) mass is 560 g/mol. The van der Waals surface area contributed by atoms with Gasteiger partial charge in [0.25, 0.3) is 0 Å². The molecule has 8 saturated heterocycles. The maximum absolute atomic E-state index is 12.7. The Morgan fingerprint density at radius 2 is 0.825 bits per heavy atom. The van der Waals surface area contributed by atoms with Gasteiger partial charge in [0.1, 0.15) is 12.3 Å². The fourth-order valence-corrected chi connectivity index (χ4v) is 9.10. The van der Waals surface area contributed by atoms with E-state index < -0.39 is 0 Å². The fourth-order valence-electron chi connectivity index (χ4n) is 9.10. The third kappa shape index (κ3) is 4.59. The van der Waals surface area contributed by atoms with Gasteiger partial charge >= 0.3 is 0 Å².